The molecule has 1 unspecified atom stereocenters. The van der Waals surface area contributed by atoms with Crippen LogP contribution in [0.4, 0.5) is 15.8 Å². The summed E-state index contributed by atoms with van der Waals surface area (Å²) in [4.78, 5) is 14.6. The Kier molecular flexibility index (Phi) is 6.12. The molecule has 7 heteroatoms. The maximum Gasteiger partial charge on any atom is 0.266 e. The standard InChI is InChI=1S/C23H22Cl2FN3O/c1-13-11-23(2,3)29(4)21-10-20(26)14(8-17(13)21)7-15(12-27)22(30)28-16-5-6-18(24)19(25)9-16/h5-10,13H,11H2,1-4H3,(H,28,30)/b15-7+. The van der Waals surface area contributed by atoms with Crippen LogP contribution in [0, 0.1) is 17.1 Å². The molecule has 1 aliphatic heterocycles. The average molecular weight is 446 g/mol. The molecule has 0 radical (unpaired) electrons. The van der Waals surface area contributed by atoms with E-state index in [9.17, 15) is 14.4 Å². The van der Waals surface area contributed by atoms with Gasteiger partial charge in [0, 0.05) is 29.5 Å². The summed E-state index contributed by atoms with van der Waals surface area (Å²) in [6, 6.07) is 9.64. The number of nitrogens with zero attached hydrogens (tertiary/aromatic N) is 2. The van der Waals surface area contributed by atoms with Crippen molar-refractivity contribution < 1.29 is 9.18 Å². The van der Waals surface area contributed by atoms with Gasteiger partial charge in [-0.2, -0.15) is 5.26 Å². The smallest absolute Gasteiger partial charge is 0.266 e. The van der Waals surface area contributed by atoms with Crippen LogP contribution in [-0.4, -0.2) is 18.5 Å². The summed E-state index contributed by atoms with van der Waals surface area (Å²) in [6.45, 7) is 6.35. The second-order valence-electron chi connectivity index (χ2n) is 8.16. The van der Waals surface area contributed by atoms with Gasteiger partial charge in [0.25, 0.3) is 5.91 Å². The maximum absolute atomic E-state index is 14.9. The monoisotopic (exact) mass is 445 g/mol. The van der Waals surface area contributed by atoms with Crippen LogP contribution in [-0.2, 0) is 4.79 Å². The van der Waals surface area contributed by atoms with Crippen molar-refractivity contribution >= 4 is 46.6 Å². The molecule has 0 fully saturated rings. The van der Waals surface area contributed by atoms with Crippen molar-refractivity contribution in [2.45, 2.75) is 38.6 Å². The Morgan fingerprint density at radius 1 is 1.30 bits per heavy atom. The predicted molar refractivity (Wildman–Crippen MR) is 121 cm³/mol. The van der Waals surface area contributed by atoms with E-state index in [4.69, 9.17) is 23.2 Å². The molecule has 0 aromatic heterocycles. The van der Waals surface area contributed by atoms with Gasteiger partial charge in [0.15, 0.2) is 0 Å². The molecule has 3 rings (SSSR count). The van der Waals surface area contributed by atoms with Crippen molar-refractivity contribution in [1.29, 1.82) is 5.26 Å². The van der Waals surface area contributed by atoms with E-state index >= 15 is 0 Å². The van der Waals surface area contributed by atoms with Gasteiger partial charge in [-0.3, -0.25) is 4.79 Å². The van der Waals surface area contributed by atoms with Crippen LogP contribution in [0.15, 0.2) is 35.9 Å². The molecule has 156 valence electrons. The number of hydrogen-bond acceptors (Lipinski definition) is 3. The van der Waals surface area contributed by atoms with Gasteiger partial charge in [-0.25, -0.2) is 4.39 Å². The number of carbonyl (C=O) groups is 1. The molecule has 0 aliphatic carbocycles. The fourth-order valence-electron chi connectivity index (χ4n) is 3.79. The third kappa shape index (κ3) is 4.30. The molecule has 1 atom stereocenters. The van der Waals surface area contributed by atoms with Crippen LogP contribution in [0.1, 0.15) is 44.2 Å². The number of nitrogens with one attached hydrogen (secondary N) is 1. The van der Waals surface area contributed by atoms with Crippen LogP contribution in [0.2, 0.25) is 10.0 Å². The van der Waals surface area contributed by atoms with Crippen molar-refractivity contribution in [2.75, 3.05) is 17.3 Å². The lowest BCUT2D eigenvalue weighted by Crippen LogP contribution is -2.45. The minimum absolute atomic E-state index is 0.0895. The Hall–Kier alpha value is -2.55. The van der Waals surface area contributed by atoms with Crippen molar-refractivity contribution in [3.63, 3.8) is 0 Å². The average Bonchev–Trinajstić information content (AvgIpc) is 2.67. The van der Waals surface area contributed by atoms with Crippen LogP contribution < -0.4 is 10.2 Å². The van der Waals surface area contributed by atoms with Crippen molar-refractivity contribution in [3.05, 3.63) is 62.9 Å². The van der Waals surface area contributed by atoms with Crippen molar-refractivity contribution in [1.82, 2.24) is 0 Å². The SMILES string of the molecule is CC1CC(C)(C)N(C)c2cc(F)c(/C=C(\C#N)C(=O)Nc3ccc(Cl)c(Cl)c3)cc21. The number of hydrogen-bond donors (Lipinski definition) is 1. The van der Waals surface area contributed by atoms with E-state index in [2.05, 4.69) is 31.0 Å². The van der Waals surface area contributed by atoms with Gasteiger partial charge < -0.3 is 10.2 Å². The van der Waals surface area contributed by atoms with E-state index in [0.717, 1.165) is 17.7 Å². The van der Waals surface area contributed by atoms with E-state index in [-0.39, 0.29) is 27.6 Å². The zero-order chi connectivity index (χ0) is 22.2. The Morgan fingerprint density at radius 3 is 2.63 bits per heavy atom. The number of amides is 1. The van der Waals surface area contributed by atoms with Gasteiger partial charge in [-0.05, 0) is 68.2 Å². The number of fused-ring (bicyclic) bond motifs is 1. The highest BCUT2D eigenvalue weighted by atomic mass is 35.5. The topological polar surface area (TPSA) is 56.1 Å². The van der Waals surface area contributed by atoms with Gasteiger partial charge in [0.05, 0.1) is 10.0 Å². The van der Waals surface area contributed by atoms with Crippen LogP contribution in [0.3, 0.4) is 0 Å². The zero-order valence-electron chi connectivity index (χ0n) is 17.2. The summed E-state index contributed by atoms with van der Waals surface area (Å²) in [5.74, 6) is -0.922. The highest BCUT2D eigenvalue weighted by Crippen LogP contribution is 2.43. The molecule has 2 aromatic rings. The Labute approximate surface area is 185 Å². The lowest BCUT2D eigenvalue weighted by atomic mass is 9.80. The van der Waals surface area contributed by atoms with E-state index in [1.165, 1.54) is 24.3 Å². The first kappa shape index (κ1) is 22.1. The van der Waals surface area contributed by atoms with Gasteiger partial charge >= 0.3 is 0 Å². The Balaban J connectivity index is 1.94. The lowest BCUT2D eigenvalue weighted by Gasteiger charge is -2.45. The molecule has 0 spiro atoms. The van der Waals surface area contributed by atoms with Gasteiger partial charge in [0.2, 0.25) is 0 Å². The second-order valence-corrected chi connectivity index (χ2v) is 8.98. The third-order valence-electron chi connectivity index (χ3n) is 5.59. The first-order chi connectivity index (χ1) is 14.0. The van der Waals surface area contributed by atoms with Crippen molar-refractivity contribution in [3.8, 4) is 6.07 Å². The van der Waals surface area contributed by atoms with Crippen LogP contribution >= 0.6 is 23.2 Å². The summed E-state index contributed by atoms with van der Waals surface area (Å²) < 4.78 is 14.9. The predicted octanol–water partition coefficient (Wildman–Crippen LogP) is 6.40. The summed E-state index contributed by atoms with van der Waals surface area (Å²) in [5.41, 5.74) is 2.11. The number of nitriles is 1. The molecule has 1 N–H and O–H groups in total. The van der Waals surface area contributed by atoms with E-state index < -0.39 is 11.7 Å². The summed E-state index contributed by atoms with van der Waals surface area (Å²) in [6.07, 6.45) is 2.18. The Morgan fingerprint density at radius 2 is 2.00 bits per heavy atom. The molecule has 4 nitrogen and oxygen atoms in total. The zero-order valence-corrected chi connectivity index (χ0v) is 18.7. The lowest BCUT2D eigenvalue weighted by molar-refractivity contribution is -0.112. The van der Waals surface area contributed by atoms with Gasteiger partial charge in [-0.15, -0.1) is 0 Å². The fourth-order valence-corrected chi connectivity index (χ4v) is 4.09. The molecule has 0 bridgehead atoms. The number of benzene rings is 2. The summed E-state index contributed by atoms with van der Waals surface area (Å²) >= 11 is 11.8. The number of anilines is 2. The van der Waals surface area contributed by atoms with E-state index in [1.54, 1.807) is 12.1 Å². The highest BCUT2D eigenvalue weighted by Gasteiger charge is 2.34. The molecule has 2 aromatic carbocycles. The van der Waals surface area contributed by atoms with Gasteiger partial charge in [-0.1, -0.05) is 30.1 Å². The molecule has 0 saturated carbocycles. The molecule has 1 amide bonds. The normalized spacial score (nSPS) is 17.9. The minimum Gasteiger partial charge on any atom is -0.369 e. The fraction of sp³-hybridized carbons (Fsp3) is 0.304. The minimum atomic E-state index is -0.653. The molecular formula is C23H22Cl2FN3O. The summed E-state index contributed by atoms with van der Waals surface area (Å²) in [7, 11) is 1.95. The van der Waals surface area contributed by atoms with Crippen LogP contribution in [0.25, 0.3) is 6.08 Å². The third-order valence-corrected chi connectivity index (χ3v) is 6.33. The molecule has 30 heavy (non-hydrogen) atoms. The van der Waals surface area contributed by atoms with Crippen LogP contribution in [0.5, 0.6) is 0 Å². The number of halogens is 3. The van der Waals surface area contributed by atoms with E-state index in [0.29, 0.717) is 10.7 Å². The molecular weight excluding hydrogens is 424 g/mol. The number of carbonyl (C=O) groups excluding carboxylic acids is 1. The number of rotatable bonds is 3. The van der Waals surface area contributed by atoms with Crippen molar-refractivity contribution in [2.24, 2.45) is 0 Å². The van der Waals surface area contributed by atoms with E-state index in [1.807, 2.05) is 13.1 Å². The molecule has 1 aliphatic rings. The first-order valence-corrected chi connectivity index (χ1v) is 10.2. The maximum atomic E-state index is 14.9. The molecule has 1 heterocycles. The highest BCUT2D eigenvalue weighted by molar-refractivity contribution is 6.42. The first-order valence-electron chi connectivity index (χ1n) is 9.49. The molecule has 0 saturated heterocycles. The largest absolute Gasteiger partial charge is 0.369 e. The summed E-state index contributed by atoms with van der Waals surface area (Å²) in [5, 5.41) is 12.7. The second kappa shape index (κ2) is 8.29. The van der Waals surface area contributed by atoms with Gasteiger partial charge in [0.1, 0.15) is 17.5 Å². The quantitative estimate of drug-likeness (QED) is 0.439. The Bertz CT molecular complexity index is 1090.